The first-order valence-corrected chi connectivity index (χ1v) is 6.87. The van der Waals surface area contributed by atoms with E-state index >= 15 is 0 Å². The van der Waals surface area contributed by atoms with Crippen molar-refractivity contribution in [1.29, 1.82) is 0 Å². The van der Waals surface area contributed by atoms with Crippen LogP contribution in [0.5, 0.6) is 5.75 Å². The Balaban J connectivity index is 2.01. The average Bonchev–Trinajstić information content (AvgIpc) is 2.43. The predicted octanol–water partition coefficient (Wildman–Crippen LogP) is 1.09. The fraction of sp³-hybridized carbons (Fsp3) is 0.538. The summed E-state index contributed by atoms with van der Waals surface area (Å²) in [6.07, 6.45) is -5.56. The van der Waals surface area contributed by atoms with Gasteiger partial charge in [-0.1, -0.05) is 0 Å². The van der Waals surface area contributed by atoms with Gasteiger partial charge >= 0.3 is 5.57 Å². The second kappa shape index (κ2) is 6.51. The van der Waals surface area contributed by atoms with Gasteiger partial charge in [-0.15, -0.1) is 8.78 Å². The minimum absolute atomic E-state index is 0.139. The molecule has 0 aromatic heterocycles. The van der Waals surface area contributed by atoms with Gasteiger partial charge in [0.25, 0.3) is 0 Å². The summed E-state index contributed by atoms with van der Waals surface area (Å²) in [5.74, 6) is -0.139. The molecule has 1 aromatic carbocycles. The van der Waals surface area contributed by atoms with Gasteiger partial charge in [0.2, 0.25) is 0 Å². The lowest BCUT2D eigenvalue weighted by Crippen LogP contribution is -2.58. The Morgan fingerprint density at radius 3 is 2.27 bits per heavy atom. The summed E-state index contributed by atoms with van der Waals surface area (Å²) in [5.41, 5.74) is -3.36. The van der Waals surface area contributed by atoms with Crippen LogP contribution in [-0.4, -0.2) is 51.5 Å². The highest BCUT2D eigenvalue weighted by Crippen LogP contribution is 2.27. The summed E-state index contributed by atoms with van der Waals surface area (Å²) in [4.78, 5) is 0. The van der Waals surface area contributed by atoms with Crippen LogP contribution in [0, 0.1) is 0 Å². The van der Waals surface area contributed by atoms with Crippen LogP contribution in [0.2, 0.25) is 0 Å². The number of alkyl halides is 3. The van der Waals surface area contributed by atoms with Gasteiger partial charge < -0.3 is 30.1 Å². The molecular formula is C13H16ClF2NO5. The molecule has 124 valence electrons. The predicted molar refractivity (Wildman–Crippen MR) is 73.8 cm³/mol. The van der Waals surface area contributed by atoms with Gasteiger partial charge in [0.05, 0.1) is 6.10 Å². The van der Waals surface area contributed by atoms with Crippen LogP contribution in [-0.2, 0) is 4.74 Å². The smallest absolute Gasteiger partial charge is 0.420 e. The Bertz CT molecular complexity index is 498. The lowest BCUT2D eigenvalue weighted by atomic mass is 9.99. The van der Waals surface area contributed by atoms with E-state index in [0.29, 0.717) is 5.69 Å². The van der Waals surface area contributed by atoms with Gasteiger partial charge in [-0.2, -0.15) is 0 Å². The molecule has 0 unspecified atom stereocenters. The highest BCUT2D eigenvalue weighted by Gasteiger charge is 2.41. The molecule has 2 rings (SSSR count). The fourth-order valence-corrected chi connectivity index (χ4v) is 2.18. The van der Waals surface area contributed by atoms with Crippen molar-refractivity contribution in [3.63, 3.8) is 0 Å². The van der Waals surface area contributed by atoms with Crippen molar-refractivity contribution >= 4 is 17.3 Å². The molecular weight excluding hydrogens is 324 g/mol. The number of nitrogens with one attached hydrogen (secondary N) is 1. The lowest BCUT2D eigenvalue weighted by Gasteiger charge is -2.39. The first-order valence-electron chi connectivity index (χ1n) is 6.49. The van der Waals surface area contributed by atoms with Crippen LogP contribution >= 0.6 is 11.6 Å². The van der Waals surface area contributed by atoms with Crippen molar-refractivity contribution < 1.29 is 33.6 Å². The van der Waals surface area contributed by atoms with Gasteiger partial charge in [0, 0.05) is 17.3 Å². The maximum Gasteiger partial charge on any atom is 0.487 e. The number of rotatable bonds is 4. The van der Waals surface area contributed by atoms with Crippen LogP contribution in [0.3, 0.4) is 0 Å². The van der Waals surface area contributed by atoms with Crippen LogP contribution in [0.15, 0.2) is 24.3 Å². The summed E-state index contributed by atoms with van der Waals surface area (Å²) in [6.45, 7) is 1.55. The number of anilines is 1. The fourth-order valence-electron chi connectivity index (χ4n) is 2.09. The summed E-state index contributed by atoms with van der Waals surface area (Å²) < 4.78 is 34.5. The molecule has 1 aliphatic rings. The van der Waals surface area contributed by atoms with Crippen LogP contribution in [0.1, 0.15) is 6.92 Å². The molecule has 1 aromatic rings. The highest BCUT2D eigenvalue weighted by atomic mass is 35.5. The number of hydrogen-bond donors (Lipinski definition) is 4. The first kappa shape index (κ1) is 17.2. The average molecular weight is 340 g/mol. The molecule has 5 atom stereocenters. The van der Waals surface area contributed by atoms with E-state index in [9.17, 15) is 24.1 Å². The molecule has 0 radical (unpaired) electrons. The van der Waals surface area contributed by atoms with Crippen molar-refractivity contribution in [3.8, 4) is 5.75 Å². The van der Waals surface area contributed by atoms with Crippen molar-refractivity contribution in [2.75, 3.05) is 5.32 Å². The molecule has 4 N–H and O–H groups in total. The largest absolute Gasteiger partial charge is 0.487 e. The van der Waals surface area contributed by atoms with E-state index in [1.165, 1.54) is 24.3 Å². The Morgan fingerprint density at radius 2 is 1.73 bits per heavy atom. The molecule has 0 aliphatic carbocycles. The van der Waals surface area contributed by atoms with Gasteiger partial charge in [-0.05, 0) is 31.2 Å². The Kier molecular flexibility index (Phi) is 5.08. The van der Waals surface area contributed by atoms with E-state index in [4.69, 9.17) is 4.74 Å². The van der Waals surface area contributed by atoms with Gasteiger partial charge in [0.1, 0.15) is 24.1 Å². The number of aliphatic hydroxyl groups is 3. The van der Waals surface area contributed by atoms with E-state index in [1.54, 1.807) is 6.92 Å². The van der Waals surface area contributed by atoms with E-state index in [1.807, 2.05) is 0 Å². The van der Waals surface area contributed by atoms with Crippen molar-refractivity contribution in [3.05, 3.63) is 24.3 Å². The summed E-state index contributed by atoms with van der Waals surface area (Å²) >= 11 is 4.65. The number of benzene rings is 1. The van der Waals surface area contributed by atoms with E-state index in [-0.39, 0.29) is 5.75 Å². The zero-order valence-electron chi connectivity index (χ0n) is 11.5. The molecule has 0 amide bonds. The van der Waals surface area contributed by atoms with Crippen molar-refractivity contribution in [1.82, 2.24) is 0 Å². The normalized spacial score (nSPS) is 32.6. The van der Waals surface area contributed by atoms with Crippen molar-refractivity contribution in [2.24, 2.45) is 0 Å². The number of hydrogen-bond acceptors (Lipinski definition) is 6. The van der Waals surface area contributed by atoms with Gasteiger partial charge in [0.15, 0.2) is 6.23 Å². The number of aliphatic hydroxyl groups excluding tert-OH is 3. The first-order chi connectivity index (χ1) is 10.2. The molecule has 0 spiro atoms. The molecule has 0 saturated carbocycles. The number of ether oxygens (including phenoxy) is 2. The zero-order chi connectivity index (χ0) is 16.5. The maximum absolute atomic E-state index is 12.5. The summed E-state index contributed by atoms with van der Waals surface area (Å²) in [5, 5.41) is 31.9. The second-order valence-corrected chi connectivity index (χ2v) is 5.39. The minimum Gasteiger partial charge on any atom is -0.420 e. The minimum atomic E-state index is -3.80. The van der Waals surface area contributed by atoms with Gasteiger partial charge in [-0.25, -0.2) is 0 Å². The second-order valence-electron chi connectivity index (χ2n) is 4.95. The van der Waals surface area contributed by atoms with E-state index in [0.717, 1.165) is 0 Å². The molecule has 0 bridgehead atoms. The lowest BCUT2D eigenvalue weighted by molar-refractivity contribution is -0.209. The van der Waals surface area contributed by atoms with Crippen molar-refractivity contribution in [2.45, 2.75) is 43.1 Å². The Morgan fingerprint density at radius 1 is 1.14 bits per heavy atom. The van der Waals surface area contributed by atoms with E-state index in [2.05, 4.69) is 21.7 Å². The standard InChI is InChI=1S/C13H16ClF2NO5/c1-6-9(18)10(19)11(20)12(21-6)17-7-2-4-8(5-3-7)22-13(14,15)16/h2-6,9-12,17-20H,1H3/t6-,9-,10+,11+,12+/m0/s1. The molecule has 1 heterocycles. The molecule has 9 heteroatoms. The van der Waals surface area contributed by atoms with E-state index < -0.39 is 36.2 Å². The molecule has 6 nitrogen and oxygen atoms in total. The zero-order valence-corrected chi connectivity index (χ0v) is 12.2. The van der Waals surface area contributed by atoms with Crippen LogP contribution in [0.4, 0.5) is 14.5 Å². The topological polar surface area (TPSA) is 91.2 Å². The quantitative estimate of drug-likeness (QED) is 0.614. The molecule has 1 aliphatic heterocycles. The van der Waals surface area contributed by atoms with Crippen LogP contribution < -0.4 is 10.1 Å². The molecule has 1 fully saturated rings. The maximum atomic E-state index is 12.5. The third-order valence-electron chi connectivity index (χ3n) is 3.25. The molecule has 1 saturated heterocycles. The SMILES string of the molecule is C[C@@H]1O[C@@H](Nc2ccc(OC(F)(F)Cl)cc2)[C@H](O)[C@H](O)[C@H]1O. The summed E-state index contributed by atoms with van der Waals surface area (Å²) in [7, 11) is 0. The monoisotopic (exact) mass is 339 g/mol. The Hall–Kier alpha value is -1.19. The molecule has 22 heavy (non-hydrogen) atoms. The highest BCUT2D eigenvalue weighted by molar-refractivity contribution is 6.20. The van der Waals surface area contributed by atoms with Crippen LogP contribution in [0.25, 0.3) is 0 Å². The third-order valence-corrected chi connectivity index (χ3v) is 3.33. The summed E-state index contributed by atoms with van der Waals surface area (Å²) in [6, 6.07) is 5.33. The third kappa shape index (κ3) is 4.17. The van der Waals surface area contributed by atoms with Gasteiger partial charge in [-0.3, -0.25) is 0 Å². The number of halogens is 3. The Labute approximate surface area is 130 Å².